The number of ether oxygens (including phenoxy) is 2. The van der Waals surface area contributed by atoms with E-state index in [1.165, 1.54) is 11.1 Å². The first-order valence-electron chi connectivity index (χ1n) is 17.5. The molecule has 3 heterocycles. The summed E-state index contributed by atoms with van der Waals surface area (Å²) in [6.45, 7) is 3.72. The number of benzene rings is 2. The lowest BCUT2D eigenvalue weighted by Gasteiger charge is -2.41. The highest BCUT2D eigenvalue weighted by molar-refractivity contribution is 7.92. The summed E-state index contributed by atoms with van der Waals surface area (Å²) >= 11 is 6.45. The Kier molecular flexibility index (Phi) is 8.55. The molecule has 2 bridgehead atoms. The van der Waals surface area contributed by atoms with Crippen LogP contribution in [0.25, 0.3) is 0 Å². The Balaban J connectivity index is 1.15. The van der Waals surface area contributed by atoms with Crippen LogP contribution in [0, 0.1) is 24.2 Å². The highest BCUT2D eigenvalue weighted by Gasteiger charge is 2.80. The van der Waals surface area contributed by atoms with E-state index in [9.17, 15) is 13.8 Å². The van der Waals surface area contributed by atoms with Crippen LogP contribution in [0.1, 0.15) is 71.8 Å². The van der Waals surface area contributed by atoms with Gasteiger partial charge in [0.15, 0.2) is 0 Å². The molecule has 0 radical (unpaired) electrons. The lowest BCUT2D eigenvalue weighted by Crippen LogP contribution is -2.47. The van der Waals surface area contributed by atoms with Gasteiger partial charge < -0.3 is 18.8 Å². The van der Waals surface area contributed by atoms with Gasteiger partial charge in [0.1, 0.15) is 15.7 Å². The Bertz CT molecular complexity index is 2010. The van der Waals surface area contributed by atoms with Crippen molar-refractivity contribution in [3.8, 4) is 5.75 Å². The average molecular weight is 720 g/mol. The summed E-state index contributed by atoms with van der Waals surface area (Å²) < 4.78 is 39.0. The van der Waals surface area contributed by atoms with Gasteiger partial charge in [-0.3, -0.25) is 14.3 Å². The zero-order valence-electron chi connectivity index (χ0n) is 28.4. The Morgan fingerprint density at radius 1 is 1.18 bits per heavy atom. The summed E-state index contributed by atoms with van der Waals surface area (Å²) in [5.41, 5.74) is 3.56. The number of hydrogen-bond acceptors (Lipinski definition) is 9. The summed E-state index contributed by atoms with van der Waals surface area (Å²) in [4.78, 5) is 29.3. The molecule has 2 spiro atoms. The third kappa shape index (κ3) is 6.23. The van der Waals surface area contributed by atoms with E-state index in [1.807, 2.05) is 18.2 Å². The number of rotatable bonds is 5. The fraction of sp³-hybridized carbons (Fsp3) is 0.514. The number of carbonyl (C=O) groups is 2. The molecule has 3 aromatic rings. The first-order chi connectivity index (χ1) is 24.1. The largest absolute Gasteiger partial charge is 0.490 e. The summed E-state index contributed by atoms with van der Waals surface area (Å²) in [7, 11) is -1.69. The van der Waals surface area contributed by atoms with Crippen molar-refractivity contribution in [2.75, 3.05) is 37.5 Å². The highest BCUT2D eigenvalue weighted by atomic mass is 35.5. The molecule has 1 aromatic heterocycles. The number of aryl methyl sites for hydroxylation is 3. The maximum absolute atomic E-state index is 14.2. The molecule has 5 aliphatic rings. The fourth-order valence-electron chi connectivity index (χ4n) is 8.66. The van der Waals surface area contributed by atoms with Crippen LogP contribution in [0.2, 0.25) is 5.02 Å². The van der Waals surface area contributed by atoms with E-state index in [0.717, 1.165) is 49.5 Å². The first-order valence-corrected chi connectivity index (χ1v) is 19.6. The normalized spacial score (nSPS) is 32.0. The van der Waals surface area contributed by atoms with E-state index in [1.54, 1.807) is 20.1 Å². The van der Waals surface area contributed by atoms with Gasteiger partial charge >= 0.3 is 0 Å². The quantitative estimate of drug-likeness (QED) is 0.326. The van der Waals surface area contributed by atoms with Gasteiger partial charge in [-0.15, -0.1) is 14.6 Å². The minimum Gasteiger partial charge on any atom is -0.490 e. The molecule has 2 unspecified atom stereocenters. The van der Waals surface area contributed by atoms with E-state index >= 15 is 0 Å². The molecule has 2 aromatic carbocycles. The molecule has 2 fully saturated rings. The van der Waals surface area contributed by atoms with Crippen LogP contribution < -0.4 is 14.4 Å². The number of allylic oxidation sites excluding steroid dienone is 1. The second-order valence-corrected chi connectivity index (χ2v) is 17.1. The second kappa shape index (κ2) is 12.8. The maximum atomic E-state index is 14.2. The molecular formula is C37H42ClN5O6S. The number of nitrogens with zero attached hydrogens (tertiary/aromatic N) is 4. The Morgan fingerprint density at radius 3 is 2.86 bits per heavy atom. The number of carbonyl (C=O) groups excluding carboxylic acids is 2. The average Bonchev–Trinajstić information content (AvgIpc) is 3.91. The van der Waals surface area contributed by atoms with Crippen molar-refractivity contribution in [1.82, 2.24) is 14.9 Å². The topological polar surface area (TPSA) is 136 Å². The highest BCUT2D eigenvalue weighted by Crippen LogP contribution is 2.81. The van der Waals surface area contributed by atoms with Crippen LogP contribution >= 0.6 is 11.6 Å². The van der Waals surface area contributed by atoms with Crippen molar-refractivity contribution in [2.45, 2.75) is 69.8 Å². The Hall–Kier alpha value is -3.74. The zero-order chi connectivity index (χ0) is 34.7. The molecule has 1 N–H and O–H groups in total. The van der Waals surface area contributed by atoms with Crippen LogP contribution in [0.5, 0.6) is 5.75 Å². The van der Waals surface area contributed by atoms with Crippen LogP contribution in [0.15, 0.2) is 57.3 Å². The van der Waals surface area contributed by atoms with E-state index in [0.29, 0.717) is 54.4 Å². The van der Waals surface area contributed by atoms with Gasteiger partial charge in [-0.25, -0.2) is 4.21 Å². The molecule has 50 heavy (non-hydrogen) atoms. The monoisotopic (exact) mass is 719 g/mol. The molecule has 13 heteroatoms. The van der Waals surface area contributed by atoms with Crippen molar-refractivity contribution in [2.24, 2.45) is 21.6 Å². The van der Waals surface area contributed by atoms with Crippen LogP contribution in [0.3, 0.4) is 0 Å². The minimum atomic E-state index is -3.45. The van der Waals surface area contributed by atoms with Gasteiger partial charge in [-0.1, -0.05) is 29.8 Å². The van der Waals surface area contributed by atoms with Crippen molar-refractivity contribution in [3.63, 3.8) is 0 Å². The van der Waals surface area contributed by atoms with Crippen molar-refractivity contribution in [1.29, 1.82) is 0 Å². The zero-order valence-corrected chi connectivity index (χ0v) is 29.9. The molecule has 2 saturated carbocycles. The van der Waals surface area contributed by atoms with E-state index < -0.39 is 21.7 Å². The Labute approximate surface area is 297 Å². The maximum Gasteiger partial charge on any atom is 0.286 e. The van der Waals surface area contributed by atoms with E-state index in [4.69, 9.17) is 25.5 Å². The van der Waals surface area contributed by atoms with Crippen LogP contribution in [-0.4, -0.2) is 64.9 Å². The number of methoxy groups -OCH3 is 1. The Morgan fingerprint density at radius 2 is 2.06 bits per heavy atom. The molecule has 0 saturated heterocycles. The molecule has 11 nitrogen and oxygen atoms in total. The molecule has 8 rings (SSSR count). The van der Waals surface area contributed by atoms with Crippen LogP contribution in [0.4, 0.5) is 5.69 Å². The van der Waals surface area contributed by atoms with Gasteiger partial charge in [-0.05, 0) is 97.2 Å². The fourth-order valence-corrected chi connectivity index (χ4v) is 10.5. The lowest BCUT2D eigenvalue weighted by molar-refractivity contribution is -0.119. The summed E-state index contributed by atoms with van der Waals surface area (Å²) in [5, 5.41) is 8.46. The van der Waals surface area contributed by atoms with Gasteiger partial charge in [0, 0.05) is 56.0 Å². The van der Waals surface area contributed by atoms with Crippen molar-refractivity contribution < 1.29 is 27.7 Å². The molecule has 2 aliphatic heterocycles. The van der Waals surface area contributed by atoms with Crippen LogP contribution in [-0.2, 0) is 37.7 Å². The molecule has 2 amide bonds. The molecular weight excluding hydrogens is 678 g/mol. The van der Waals surface area contributed by atoms with Gasteiger partial charge in [0.05, 0.1) is 24.2 Å². The SMILES string of the molecule is CO[C@H]1/C=C/CCCS(=O)(NC(=O)CCc2nnc(C)o2)=NC(=O)c2ccc3c(c2)N(C[C@@]2(CCCc4cc(Cl)ccc42)CO3)C[C@@]23CC2[C@@H]13. The molecule has 3 aliphatic carbocycles. The van der Waals surface area contributed by atoms with Crippen molar-refractivity contribution in [3.05, 3.63) is 82.0 Å². The molecule has 264 valence electrons. The second-order valence-electron chi connectivity index (χ2n) is 14.6. The standard InChI is InChI=1S/C37H42ClN5O6S/c1-23-39-40-33(49-23)14-13-32(44)41-50(46)16-5-3-4-8-31(47-2)34-28-19-37(28,34)21-43-20-36(15-6-7-24-17-26(38)10-11-27(24)36)22-48-30-12-9-25(18-29(30)43)35(45)42-50/h4,8-12,17-18,28,31,34H,3,5-7,13-16,19-22H2,1-2H3,(H,41,42,44,45,46)/b8-4+/t28?,31-,34-,36-,37-,50?/m0/s1. The summed E-state index contributed by atoms with van der Waals surface area (Å²) in [6.07, 6.45) is 9.52. The first kappa shape index (κ1) is 33.4. The predicted molar refractivity (Wildman–Crippen MR) is 189 cm³/mol. The molecule has 6 atom stereocenters. The summed E-state index contributed by atoms with van der Waals surface area (Å²) in [6, 6.07) is 11.6. The smallest absolute Gasteiger partial charge is 0.286 e. The van der Waals surface area contributed by atoms with Gasteiger partial charge in [0.2, 0.25) is 17.7 Å². The van der Waals surface area contributed by atoms with Crippen molar-refractivity contribution >= 4 is 39.0 Å². The van der Waals surface area contributed by atoms with Gasteiger partial charge in [0.25, 0.3) is 5.91 Å². The number of nitrogens with one attached hydrogen (secondary N) is 1. The summed E-state index contributed by atoms with van der Waals surface area (Å²) in [5.74, 6) is 1.28. The number of hydrogen-bond donors (Lipinski definition) is 1. The number of halogens is 1. The van der Waals surface area contributed by atoms with E-state index in [-0.39, 0.29) is 35.5 Å². The lowest BCUT2D eigenvalue weighted by atomic mass is 9.70. The number of aromatic nitrogens is 2. The number of fused-ring (bicyclic) bond motifs is 4. The minimum absolute atomic E-state index is 0.0221. The third-order valence-electron chi connectivity index (χ3n) is 11.3. The predicted octanol–water partition coefficient (Wildman–Crippen LogP) is 5.78. The number of anilines is 1. The van der Waals surface area contributed by atoms with E-state index in [2.05, 4.69) is 48.5 Å². The van der Waals surface area contributed by atoms with Gasteiger partial charge in [-0.2, -0.15) is 0 Å². The number of amides is 2. The third-order valence-corrected chi connectivity index (χ3v) is 13.4.